The molecule has 0 saturated carbocycles. The summed E-state index contributed by atoms with van der Waals surface area (Å²) < 4.78 is 0.626. The minimum absolute atomic E-state index is 0.0654. The van der Waals surface area contributed by atoms with Crippen LogP contribution >= 0.6 is 39.1 Å². The number of nitro groups is 1. The van der Waals surface area contributed by atoms with Crippen LogP contribution in [-0.4, -0.2) is 15.1 Å². The predicted molar refractivity (Wildman–Crippen MR) is 63.9 cm³/mol. The van der Waals surface area contributed by atoms with Crippen LogP contribution in [0.25, 0.3) is 10.9 Å². The molecule has 0 aliphatic carbocycles. The van der Waals surface area contributed by atoms with Gasteiger partial charge in [-0.25, -0.2) is 0 Å². The van der Waals surface area contributed by atoms with E-state index in [4.69, 9.17) is 23.2 Å². The molecule has 5 nitrogen and oxygen atoms in total. The lowest BCUT2D eigenvalue weighted by atomic mass is 10.2. The van der Waals surface area contributed by atoms with Gasteiger partial charge in [0, 0.05) is 9.86 Å². The normalized spacial score (nSPS) is 10.7. The minimum atomic E-state index is -0.690. The van der Waals surface area contributed by atoms with Crippen molar-refractivity contribution in [3.63, 3.8) is 0 Å². The molecule has 8 heteroatoms. The Kier molecular flexibility index (Phi) is 2.96. The smallest absolute Gasteiger partial charge is 0.358 e. The highest BCUT2D eigenvalue weighted by Crippen LogP contribution is 2.34. The second kappa shape index (κ2) is 4.12. The van der Waals surface area contributed by atoms with Crippen LogP contribution in [0.15, 0.2) is 16.6 Å². The van der Waals surface area contributed by atoms with Gasteiger partial charge in [-0.3, -0.25) is 0 Å². The van der Waals surface area contributed by atoms with Crippen molar-refractivity contribution in [2.45, 2.75) is 0 Å². The molecule has 0 spiro atoms. The van der Waals surface area contributed by atoms with Gasteiger partial charge in [0.05, 0.1) is 10.1 Å². The number of rotatable bonds is 1. The predicted octanol–water partition coefficient (Wildman–Crippen LogP) is 3.61. The third-order valence-electron chi connectivity index (χ3n) is 1.90. The van der Waals surface area contributed by atoms with E-state index in [9.17, 15) is 10.1 Å². The summed E-state index contributed by atoms with van der Waals surface area (Å²) in [5.41, 5.74) is 0.437. The fourth-order valence-corrected chi connectivity index (χ4v) is 1.93. The van der Waals surface area contributed by atoms with E-state index >= 15 is 0 Å². The summed E-state index contributed by atoms with van der Waals surface area (Å²) >= 11 is 14.9. The first-order chi connectivity index (χ1) is 7.50. The first-order valence-corrected chi connectivity index (χ1v) is 5.51. The SMILES string of the molecule is O=[N+]([O-])c1nnc2cc(Br)c(Cl)cc2c1Cl. The fraction of sp³-hybridized carbons (Fsp3) is 0. The van der Waals surface area contributed by atoms with E-state index in [0.29, 0.717) is 20.4 Å². The first-order valence-electron chi connectivity index (χ1n) is 3.96. The summed E-state index contributed by atoms with van der Waals surface area (Å²) in [4.78, 5) is 9.90. The van der Waals surface area contributed by atoms with E-state index in [1.165, 1.54) is 6.07 Å². The fourth-order valence-electron chi connectivity index (χ4n) is 1.18. The summed E-state index contributed by atoms with van der Waals surface area (Å²) in [6.07, 6.45) is 0. The van der Waals surface area contributed by atoms with Gasteiger partial charge in [-0.15, -0.1) is 0 Å². The topological polar surface area (TPSA) is 68.9 Å². The summed E-state index contributed by atoms with van der Waals surface area (Å²) in [7, 11) is 0. The van der Waals surface area contributed by atoms with Crippen LogP contribution in [0.5, 0.6) is 0 Å². The first kappa shape index (κ1) is 11.5. The molecule has 0 unspecified atom stereocenters. The molecule has 82 valence electrons. The second-order valence-corrected chi connectivity index (χ2v) is 4.52. The molecule has 1 aromatic carbocycles. The van der Waals surface area contributed by atoms with E-state index in [1.807, 2.05) is 0 Å². The molecule has 0 atom stereocenters. The number of fused-ring (bicyclic) bond motifs is 1. The highest BCUT2D eigenvalue weighted by molar-refractivity contribution is 9.10. The monoisotopic (exact) mass is 321 g/mol. The summed E-state index contributed by atoms with van der Waals surface area (Å²) in [5.74, 6) is -0.479. The Morgan fingerprint density at radius 1 is 1.31 bits per heavy atom. The van der Waals surface area contributed by atoms with E-state index in [-0.39, 0.29) is 5.02 Å². The van der Waals surface area contributed by atoms with Gasteiger partial charge in [-0.05, 0) is 38.1 Å². The molecule has 0 bridgehead atoms. The van der Waals surface area contributed by atoms with Gasteiger partial charge >= 0.3 is 5.82 Å². The quantitative estimate of drug-likeness (QED) is 0.594. The molecule has 0 aliphatic heterocycles. The lowest BCUT2D eigenvalue weighted by Crippen LogP contribution is -1.96. The summed E-state index contributed by atoms with van der Waals surface area (Å²) in [6, 6.07) is 3.10. The molecular formula is C8H2BrCl2N3O2. The molecule has 2 aromatic rings. The van der Waals surface area contributed by atoms with Crippen molar-refractivity contribution in [3.8, 4) is 0 Å². The maximum absolute atomic E-state index is 10.6. The number of nitrogens with zero attached hydrogens (tertiary/aromatic N) is 3. The van der Waals surface area contributed by atoms with Crippen molar-refractivity contribution in [1.29, 1.82) is 0 Å². The van der Waals surface area contributed by atoms with Crippen molar-refractivity contribution in [3.05, 3.63) is 36.8 Å². The average Bonchev–Trinajstić information content (AvgIpc) is 2.21. The third-order valence-corrected chi connectivity index (χ3v) is 3.47. The molecule has 2 rings (SSSR count). The van der Waals surface area contributed by atoms with Crippen LogP contribution in [0.2, 0.25) is 10.0 Å². The van der Waals surface area contributed by atoms with Crippen LogP contribution in [0.4, 0.5) is 5.82 Å². The zero-order valence-electron chi connectivity index (χ0n) is 7.45. The Labute approximate surface area is 108 Å². The Hall–Kier alpha value is -0.980. The molecule has 16 heavy (non-hydrogen) atoms. The summed E-state index contributed by atoms with van der Waals surface area (Å²) in [6.45, 7) is 0. The number of aromatic nitrogens is 2. The highest BCUT2D eigenvalue weighted by atomic mass is 79.9. The molecular weight excluding hydrogens is 321 g/mol. The number of hydrogen-bond donors (Lipinski definition) is 0. The number of halogens is 3. The Morgan fingerprint density at radius 2 is 2.00 bits per heavy atom. The molecule has 0 N–H and O–H groups in total. The molecule has 1 aromatic heterocycles. The largest absolute Gasteiger partial charge is 0.410 e. The van der Waals surface area contributed by atoms with Gasteiger partial charge in [-0.1, -0.05) is 23.2 Å². The lowest BCUT2D eigenvalue weighted by Gasteiger charge is -2.01. The highest BCUT2D eigenvalue weighted by Gasteiger charge is 2.19. The third kappa shape index (κ3) is 1.83. The molecule has 0 amide bonds. The summed E-state index contributed by atoms with van der Waals surface area (Å²) in [5, 5.41) is 18.5. The van der Waals surface area contributed by atoms with Crippen LogP contribution in [-0.2, 0) is 0 Å². The standard InChI is InChI=1S/C8H2BrCl2N3O2/c9-4-2-6-3(1-5(4)10)7(11)8(13-12-6)14(15)16/h1-2H. The Morgan fingerprint density at radius 3 is 2.62 bits per heavy atom. The van der Waals surface area contributed by atoms with Gasteiger partial charge in [0.1, 0.15) is 5.52 Å². The molecule has 0 fully saturated rings. The van der Waals surface area contributed by atoms with Crippen LogP contribution < -0.4 is 0 Å². The second-order valence-electron chi connectivity index (χ2n) is 2.88. The number of benzene rings is 1. The van der Waals surface area contributed by atoms with Crippen molar-refractivity contribution in [1.82, 2.24) is 10.2 Å². The van der Waals surface area contributed by atoms with Crippen LogP contribution in [0.1, 0.15) is 0 Å². The number of hydrogen-bond acceptors (Lipinski definition) is 4. The van der Waals surface area contributed by atoms with E-state index in [1.54, 1.807) is 6.07 Å². The molecule has 1 heterocycles. The van der Waals surface area contributed by atoms with Gasteiger partial charge in [0.15, 0.2) is 5.02 Å². The molecule has 0 saturated heterocycles. The zero-order valence-corrected chi connectivity index (χ0v) is 10.5. The molecule has 0 radical (unpaired) electrons. The van der Waals surface area contributed by atoms with E-state index in [0.717, 1.165) is 0 Å². The van der Waals surface area contributed by atoms with Crippen molar-refractivity contribution in [2.75, 3.05) is 0 Å². The van der Waals surface area contributed by atoms with Gasteiger partial charge in [0.25, 0.3) is 0 Å². The molecule has 0 aliphatic rings. The maximum atomic E-state index is 10.6. The van der Waals surface area contributed by atoms with Gasteiger partial charge in [-0.2, -0.15) is 0 Å². The minimum Gasteiger partial charge on any atom is -0.358 e. The van der Waals surface area contributed by atoms with Gasteiger partial charge in [0.2, 0.25) is 0 Å². The Bertz CT molecular complexity index is 605. The van der Waals surface area contributed by atoms with Crippen molar-refractivity contribution in [2.24, 2.45) is 0 Å². The lowest BCUT2D eigenvalue weighted by molar-refractivity contribution is -0.389. The maximum Gasteiger partial charge on any atom is 0.410 e. The van der Waals surface area contributed by atoms with E-state index in [2.05, 4.69) is 26.1 Å². The van der Waals surface area contributed by atoms with Crippen molar-refractivity contribution < 1.29 is 4.92 Å². The van der Waals surface area contributed by atoms with Crippen molar-refractivity contribution >= 4 is 55.9 Å². The van der Waals surface area contributed by atoms with Gasteiger partial charge < -0.3 is 10.1 Å². The average molecular weight is 323 g/mol. The van der Waals surface area contributed by atoms with Crippen LogP contribution in [0.3, 0.4) is 0 Å². The zero-order chi connectivity index (χ0) is 11.9. The Balaban J connectivity index is 2.84. The van der Waals surface area contributed by atoms with Crippen LogP contribution in [0, 0.1) is 10.1 Å². The van der Waals surface area contributed by atoms with E-state index < -0.39 is 10.7 Å².